The third-order valence-electron chi connectivity index (χ3n) is 20.1. The first kappa shape index (κ1) is 76.7. The lowest BCUT2D eigenvalue weighted by atomic mass is 9.77. The fraction of sp³-hybridized carbons (Fsp3) is 0.614. The Morgan fingerprint density at radius 3 is 2.06 bits per heavy atom. The van der Waals surface area contributed by atoms with Gasteiger partial charge in [-0.25, -0.2) is 4.39 Å². The standard InChI is InChI=1S/C70H99FN14O13S2/c71-46-18-21-51-50(30-46)45(33-75-51)29-54-66(94)82-56(32-62(89)90)68(96)81-55(31-47-34-74-39-77-47)67(95)83-57(27-40-16-19-48(86)20-17-40)70(98)85-24-7-15-59(85)69(97)84-58(63(73)91)38-100-37-42-9-5-8-41(26-42)36-99-25-22-60(87)78-52(14-3-4-23-72)64(92)76-35-61(88)79-53(65(93)80-54)28-44-12-6-11-43-10-1-2-13-49(43)44/h1-2,5-6,8-13,26,40,45-48,50-59,74-75,77,86H,3-4,7,14-25,27-39,72H2,(H2,73,91)(H,76,92)(H,78,87)(H,79,88)(H,80,93)(H,81,96)(H,82,94)(H,83,95)(H,84,97)(H,89,90)/t40?,45?,46?,47?,48?,50?,51?,52?,53-,54-,55-,56-,57-,58-,59-/m0/s1. The molecule has 5 fully saturated rings. The maximum atomic E-state index is 15.3. The van der Waals surface area contributed by atoms with Crippen molar-refractivity contribution >= 4 is 99.3 Å². The van der Waals surface area contributed by atoms with E-state index in [0.717, 1.165) is 21.9 Å². The lowest BCUT2D eigenvalue weighted by Crippen LogP contribution is -2.61. The first-order valence-corrected chi connectivity index (χ1v) is 37.6. The summed E-state index contributed by atoms with van der Waals surface area (Å²) in [6, 6.07) is 9.20. The van der Waals surface area contributed by atoms with Crippen molar-refractivity contribution in [3.8, 4) is 0 Å². The van der Waals surface area contributed by atoms with Crippen LogP contribution < -0.4 is 70.0 Å². The van der Waals surface area contributed by atoms with E-state index in [1.54, 1.807) is 12.1 Å². The van der Waals surface area contributed by atoms with Crippen LogP contribution in [0.3, 0.4) is 0 Å². The Morgan fingerprint density at radius 1 is 0.650 bits per heavy atom. The fourth-order valence-electron chi connectivity index (χ4n) is 14.7. The molecule has 10 amide bonds. The number of aliphatic hydroxyl groups is 1. The maximum Gasteiger partial charge on any atom is 0.305 e. The van der Waals surface area contributed by atoms with Crippen molar-refractivity contribution in [1.82, 2.24) is 63.4 Å². The van der Waals surface area contributed by atoms with Crippen LogP contribution in [0.4, 0.5) is 4.39 Å². The third-order valence-corrected chi connectivity index (χ3v) is 22.2. The number of amides is 10. The van der Waals surface area contributed by atoms with E-state index in [1.165, 1.54) is 28.4 Å². The van der Waals surface area contributed by atoms with Gasteiger partial charge in [-0.15, -0.1) is 0 Å². The number of unbranched alkanes of at least 4 members (excludes halogenated alkanes) is 1. The van der Waals surface area contributed by atoms with Crippen LogP contribution in [0, 0.1) is 17.8 Å². The zero-order valence-corrected chi connectivity index (χ0v) is 58.1. The Hall–Kier alpha value is -7.48. The van der Waals surface area contributed by atoms with Crippen LogP contribution in [-0.2, 0) is 70.7 Å². The van der Waals surface area contributed by atoms with Crippen LogP contribution in [0.2, 0.25) is 0 Å². The van der Waals surface area contributed by atoms with Crippen molar-refractivity contribution in [1.29, 1.82) is 0 Å². The van der Waals surface area contributed by atoms with E-state index >= 15 is 23.6 Å². The number of nitrogens with zero attached hydrogens (tertiary/aromatic N) is 1. The number of carbonyl (C=O) groups is 11. The number of halogens is 1. The summed E-state index contributed by atoms with van der Waals surface area (Å²) in [5.74, 6) is -8.55. The number of nitrogens with one attached hydrogen (secondary N) is 11. The normalized spacial score (nSPS) is 30.4. The van der Waals surface area contributed by atoms with Gasteiger partial charge in [0.05, 0.1) is 19.1 Å². The molecule has 4 heterocycles. The number of rotatable bonds is 15. The number of nitrogens with two attached hydrogens (primary N) is 2. The smallest absolute Gasteiger partial charge is 0.305 e. The van der Waals surface area contributed by atoms with E-state index in [0.29, 0.717) is 107 Å². The Balaban J connectivity index is 1.03. The highest BCUT2D eigenvalue weighted by Crippen LogP contribution is 2.38. The van der Waals surface area contributed by atoms with E-state index in [2.05, 4.69) is 58.5 Å². The lowest BCUT2D eigenvalue weighted by Gasteiger charge is -2.34. The first-order valence-electron chi connectivity index (χ1n) is 35.3. The Morgan fingerprint density at radius 2 is 1.33 bits per heavy atom. The SMILES string of the molecule is NCCCCC1NC(=O)CCSCc2cccc(c2)CSC[C@@H](C(N)=O)NC(=O)[C@@H]2CCCN2C(=O)[C@H](CC2CCC(O)CC2)NC(=O)[C@H](CC2CNCN2)NC(=O)[C@H](CC(=O)O)NC(=O)[C@H](CC2CNC3CCC(F)CC23)NC(=O)[C@H](Cc2cccc3ccccc23)NC(=O)CNC1=O. The zero-order valence-electron chi connectivity index (χ0n) is 56.5. The van der Waals surface area contributed by atoms with Crippen LogP contribution in [0.5, 0.6) is 0 Å². The average molecular weight is 1430 g/mol. The molecule has 0 spiro atoms. The molecule has 546 valence electrons. The largest absolute Gasteiger partial charge is 0.481 e. The number of primary amides is 1. The molecule has 9 rings (SSSR count). The van der Waals surface area contributed by atoms with Gasteiger partial charge in [0.1, 0.15) is 54.5 Å². The molecule has 3 aromatic rings. The molecular formula is C70H99FN14O13S2. The average Bonchev–Trinajstić information content (AvgIpc) is 1.55. The topological polar surface area (TPSA) is 416 Å². The number of carboxylic acids is 1. The van der Waals surface area contributed by atoms with E-state index < -0.39 is 151 Å². The van der Waals surface area contributed by atoms with Crippen molar-refractivity contribution in [3.63, 3.8) is 0 Å². The van der Waals surface area contributed by atoms with Gasteiger partial charge in [0.2, 0.25) is 59.1 Å². The predicted molar refractivity (Wildman–Crippen MR) is 376 cm³/mol. The molecule has 0 aromatic heterocycles. The quantitative estimate of drug-likeness (QED) is 0.0922. The number of alkyl halides is 1. The molecule has 3 aromatic carbocycles. The Labute approximate surface area is 590 Å². The van der Waals surface area contributed by atoms with Gasteiger partial charge in [-0.2, -0.15) is 23.5 Å². The van der Waals surface area contributed by atoms with Gasteiger partial charge in [-0.05, 0) is 155 Å². The second-order valence-electron chi connectivity index (χ2n) is 27.5. The molecule has 100 heavy (non-hydrogen) atoms. The molecule has 17 N–H and O–H groups in total. The number of fused-ring (bicyclic) bond motifs is 5. The highest BCUT2D eigenvalue weighted by Gasteiger charge is 2.45. The van der Waals surface area contributed by atoms with Crippen LogP contribution in [-0.4, -0.2) is 204 Å². The van der Waals surface area contributed by atoms with Crippen molar-refractivity contribution < 1.29 is 67.3 Å². The van der Waals surface area contributed by atoms with Crippen molar-refractivity contribution in [2.45, 2.75) is 200 Å². The molecule has 13 atom stereocenters. The number of aliphatic carboxylic acids is 1. The summed E-state index contributed by atoms with van der Waals surface area (Å²) in [4.78, 5) is 159. The first-order chi connectivity index (χ1) is 48.2. The summed E-state index contributed by atoms with van der Waals surface area (Å²) < 4.78 is 15.3. The lowest BCUT2D eigenvalue weighted by molar-refractivity contribution is -0.143. The summed E-state index contributed by atoms with van der Waals surface area (Å²) in [5, 5.41) is 54.3. The Bertz CT molecular complexity index is 3360. The number of aliphatic hydroxyl groups excluding tert-OH is 1. The molecule has 2 saturated carbocycles. The van der Waals surface area contributed by atoms with Crippen molar-refractivity contribution in [3.05, 3.63) is 83.4 Å². The van der Waals surface area contributed by atoms with Crippen LogP contribution in [0.25, 0.3) is 10.8 Å². The minimum absolute atomic E-state index is 0.0564. The van der Waals surface area contributed by atoms with Crippen LogP contribution in [0.15, 0.2) is 66.7 Å². The molecule has 27 nitrogen and oxygen atoms in total. The predicted octanol–water partition coefficient (Wildman–Crippen LogP) is 0.509. The van der Waals surface area contributed by atoms with E-state index in [1.807, 2.05) is 54.6 Å². The molecule has 4 aliphatic heterocycles. The van der Waals surface area contributed by atoms with Gasteiger partial charge in [0.15, 0.2) is 0 Å². The van der Waals surface area contributed by atoms with Gasteiger partial charge in [-0.1, -0.05) is 66.7 Å². The van der Waals surface area contributed by atoms with Gasteiger partial charge in [0, 0.05) is 67.7 Å². The highest BCUT2D eigenvalue weighted by molar-refractivity contribution is 7.98. The second kappa shape index (κ2) is 38.0. The van der Waals surface area contributed by atoms with E-state index in [-0.39, 0.29) is 81.5 Å². The summed E-state index contributed by atoms with van der Waals surface area (Å²) >= 11 is 2.87. The molecule has 30 heteroatoms. The second-order valence-corrected chi connectivity index (χ2v) is 29.6. The summed E-state index contributed by atoms with van der Waals surface area (Å²) in [6.45, 7) is 0.841. The van der Waals surface area contributed by atoms with Gasteiger partial charge in [-0.3, -0.25) is 52.7 Å². The molecule has 0 radical (unpaired) electrons. The number of carbonyl (C=O) groups excluding carboxylic acids is 10. The molecule has 2 bridgehead atoms. The fourth-order valence-corrected chi connectivity index (χ4v) is 16.6. The molecule has 2 aliphatic carbocycles. The van der Waals surface area contributed by atoms with Crippen LogP contribution >= 0.6 is 23.5 Å². The summed E-state index contributed by atoms with van der Waals surface area (Å²) in [7, 11) is 0. The minimum atomic E-state index is -1.89. The van der Waals surface area contributed by atoms with Crippen molar-refractivity contribution in [2.75, 3.05) is 50.9 Å². The molecule has 6 unspecified atom stereocenters. The molecular weight excluding hydrogens is 1330 g/mol. The van der Waals surface area contributed by atoms with Crippen LogP contribution in [0.1, 0.15) is 126 Å². The number of hydrogen-bond donors (Lipinski definition) is 15. The monoisotopic (exact) mass is 1430 g/mol. The summed E-state index contributed by atoms with van der Waals surface area (Å²) in [5.41, 5.74) is 14.2. The number of thioether (sulfide) groups is 2. The third kappa shape index (κ3) is 22.5. The molecule has 3 saturated heterocycles. The summed E-state index contributed by atoms with van der Waals surface area (Å²) in [6.07, 6.45) is 1.93. The maximum absolute atomic E-state index is 15.3. The van der Waals surface area contributed by atoms with Gasteiger partial charge >= 0.3 is 5.97 Å². The number of benzene rings is 3. The van der Waals surface area contributed by atoms with E-state index in [4.69, 9.17) is 11.5 Å². The minimum Gasteiger partial charge on any atom is -0.481 e. The van der Waals surface area contributed by atoms with Gasteiger partial charge < -0.3 is 85.1 Å². The molecule has 6 aliphatic rings. The van der Waals surface area contributed by atoms with Gasteiger partial charge in [0.25, 0.3) is 0 Å². The van der Waals surface area contributed by atoms with Crippen molar-refractivity contribution in [2.24, 2.45) is 29.2 Å². The number of carboxylic acid groups (broad SMARTS) is 1. The number of hydrogen-bond acceptors (Lipinski definition) is 18. The highest BCUT2D eigenvalue weighted by atomic mass is 32.2. The zero-order chi connectivity index (χ0) is 71.2. The Kier molecular flexibility index (Phi) is 29.1. The van der Waals surface area contributed by atoms with E-state index in [9.17, 15) is 43.8 Å².